The van der Waals surface area contributed by atoms with Gasteiger partial charge in [-0.2, -0.15) is 0 Å². The van der Waals surface area contributed by atoms with Gasteiger partial charge in [0.05, 0.1) is 10.6 Å². The molecule has 0 amide bonds. The molecule has 0 spiro atoms. The summed E-state index contributed by atoms with van der Waals surface area (Å²) in [5, 5.41) is 0. The van der Waals surface area contributed by atoms with Gasteiger partial charge in [-0.05, 0) is 43.5 Å². The summed E-state index contributed by atoms with van der Waals surface area (Å²) in [6.07, 6.45) is 9.36. The predicted molar refractivity (Wildman–Crippen MR) is 105 cm³/mol. The molecule has 0 bridgehead atoms. The molecule has 2 heterocycles. The van der Waals surface area contributed by atoms with E-state index in [9.17, 15) is 4.79 Å². The van der Waals surface area contributed by atoms with E-state index in [-0.39, 0.29) is 11.7 Å². The molecule has 0 fully saturated rings. The third kappa shape index (κ3) is 3.08. The molecular formula is C22H19NOS. The van der Waals surface area contributed by atoms with Crippen molar-refractivity contribution in [2.45, 2.75) is 20.3 Å². The number of rotatable bonds is 4. The molecule has 0 saturated heterocycles. The van der Waals surface area contributed by atoms with Crippen LogP contribution in [0.1, 0.15) is 32.6 Å². The summed E-state index contributed by atoms with van der Waals surface area (Å²) in [5.74, 6) is 0.318. The molecular weight excluding hydrogens is 326 g/mol. The number of thiophene rings is 1. The summed E-state index contributed by atoms with van der Waals surface area (Å²) in [5.41, 5.74) is 6.19. The smallest absolute Gasteiger partial charge is 0.169 e. The Bertz CT molecular complexity index is 971. The van der Waals surface area contributed by atoms with Gasteiger partial charge in [-0.15, -0.1) is 11.3 Å². The quantitative estimate of drug-likeness (QED) is 0.681. The molecule has 0 radical (unpaired) electrons. The number of carbonyl (C=O) groups is 1. The van der Waals surface area contributed by atoms with E-state index in [1.165, 1.54) is 22.3 Å². The van der Waals surface area contributed by atoms with Crippen LogP contribution in [-0.2, 0) is 6.42 Å². The molecule has 1 atom stereocenters. The fraction of sp³-hybridized carbons (Fsp3) is 0.182. The van der Waals surface area contributed by atoms with Crippen molar-refractivity contribution in [1.29, 1.82) is 0 Å². The zero-order valence-corrected chi connectivity index (χ0v) is 15.1. The highest BCUT2D eigenvalue weighted by Gasteiger charge is 2.29. The maximum atomic E-state index is 11.6. The van der Waals surface area contributed by atoms with Gasteiger partial charge in [0, 0.05) is 22.6 Å². The van der Waals surface area contributed by atoms with Gasteiger partial charge in [0.15, 0.2) is 5.78 Å². The number of nitrogens with zero attached hydrogens (tertiary/aromatic N) is 1. The molecule has 4 rings (SSSR count). The van der Waals surface area contributed by atoms with Crippen molar-refractivity contribution in [3.63, 3.8) is 0 Å². The Kier molecular flexibility index (Phi) is 4.10. The van der Waals surface area contributed by atoms with Crippen molar-refractivity contribution in [2.24, 2.45) is 10.9 Å². The van der Waals surface area contributed by atoms with Crippen molar-refractivity contribution in [1.82, 2.24) is 0 Å². The van der Waals surface area contributed by atoms with Crippen molar-refractivity contribution in [2.75, 3.05) is 0 Å². The fourth-order valence-electron chi connectivity index (χ4n) is 3.38. The highest BCUT2D eigenvalue weighted by atomic mass is 32.1. The second-order valence-corrected chi connectivity index (χ2v) is 7.62. The zero-order chi connectivity index (χ0) is 17.4. The first kappa shape index (κ1) is 16.0. The Labute approximate surface area is 151 Å². The van der Waals surface area contributed by atoms with E-state index in [4.69, 9.17) is 4.99 Å². The molecule has 25 heavy (non-hydrogen) atoms. The van der Waals surface area contributed by atoms with Crippen LogP contribution in [0, 0.1) is 12.8 Å². The molecule has 0 N–H and O–H groups in total. The highest BCUT2D eigenvalue weighted by molar-refractivity contribution is 7.15. The van der Waals surface area contributed by atoms with Gasteiger partial charge in [-0.3, -0.25) is 9.79 Å². The summed E-state index contributed by atoms with van der Waals surface area (Å²) in [4.78, 5) is 18.2. The largest absolute Gasteiger partial charge is 0.294 e. The van der Waals surface area contributed by atoms with Crippen molar-refractivity contribution in [3.8, 4) is 0 Å². The second-order valence-electron chi connectivity index (χ2n) is 6.54. The number of benzene rings is 1. The van der Waals surface area contributed by atoms with Crippen molar-refractivity contribution >= 4 is 28.4 Å². The van der Waals surface area contributed by atoms with Gasteiger partial charge in [0.2, 0.25) is 0 Å². The number of hydrogen-bond acceptors (Lipinski definition) is 3. The van der Waals surface area contributed by atoms with Crippen LogP contribution in [0.3, 0.4) is 0 Å². The molecule has 2 aliphatic rings. The SMILES string of the molecule is CC(=O)c1ccc(C2=CN=C3C(Cc4cccc(C)c4)=CC=CC23)s1. The summed E-state index contributed by atoms with van der Waals surface area (Å²) in [6.45, 7) is 3.74. The Hall–Kier alpha value is -2.52. The summed E-state index contributed by atoms with van der Waals surface area (Å²) in [7, 11) is 0. The number of aliphatic imine (C=N–C) groups is 1. The molecule has 1 aromatic heterocycles. The number of aryl methyl sites for hydroxylation is 1. The average molecular weight is 345 g/mol. The van der Waals surface area contributed by atoms with Crippen LogP contribution in [0.25, 0.3) is 5.57 Å². The van der Waals surface area contributed by atoms with E-state index in [1.807, 2.05) is 18.3 Å². The third-order valence-electron chi connectivity index (χ3n) is 4.62. The lowest BCUT2D eigenvalue weighted by molar-refractivity contribution is 0.102. The molecule has 1 aromatic carbocycles. The van der Waals surface area contributed by atoms with Crippen molar-refractivity contribution in [3.05, 3.63) is 87.3 Å². The summed E-state index contributed by atoms with van der Waals surface area (Å²) in [6, 6.07) is 12.6. The minimum absolute atomic E-state index is 0.121. The summed E-state index contributed by atoms with van der Waals surface area (Å²) < 4.78 is 0. The highest BCUT2D eigenvalue weighted by Crippen LogP contribution is 2.38. The standard InChI is InChI=1S/C22H19NOS/c1-14-5-3-6-16(11-14)12-17-7-4-8-18-19(13-23-22(17)18)21-10-9-20(25-21)15(2)24/h3-11,13,18H,12H2,1-2H3. The maximum absolute atomic E-state index is 11.6. The van der Waals surface area contributed by atoms with Gasteiger partial charge < -0.3 is 0 Å². The minimum atomic E-state index is 0.121. The number of fused-ring (bicyclic) bond motifs is 1. The predicted octanol–water partition coefficient (Wildman–Crippen LogP) is 5.41. The van der Waals surface area contributed by atoms with E-state index < -0.39 is 0 Å². The van der Waals surface area contributed by atoms with Gasteiger partial charge in [-0.25, -0.2) is 0 Å². The van der Waals surface area contributed by atoms with Gasteiger partial charge in [-0.1, -0.05) is 48.1 Å². The van der Waals surface area contributed by atoms with Gasteiger partial charge in [0.1, 0.15) is 0 Å². The van der Waals surface area contributed by atoms with Gasteiger partial charge in [0.25, 0.3) is 0 Å². The van der Waals surface area contributed by atoms with Crippen LogP contribution in [0.15, 0.2) is 71.4 Å². The second kappa shape index (κ2) is 6.41. The maximum Gasteiger partial charge on any atom is 0.169 e. The Morgan fingerprint density at radius 1 is 1.24 bits per heavy atom. The molecule has 1 aliphatic heterocycles. The third-order valence-corrected chi connectivity index (χ3v) is 5.85. The van der Waals surface area contributed by atoms with Crippen LogP contribution >= 0.6 is 11.3 Å². The van der Waals surface area contributed by atoms with Crippen LogP contribution in [0.4, 0.5) is 0 Å². The normalized spacial score (nSPS) is 18.5. The van der Waals surface area contributed by atoms with E-state index in [0.717, 1.165) is 21.9 Å². The van der Waals surface area contributed by atoms with Crippen LogP contribution in [-0.4, -0.2) is 11.5 Å². The lowest BCUT2D eigenvalue weighted by Crippen LogP contribution is -2.17. The summed E-state index contributed by atoms with van der Waals surface area (Å²) >= 11 is 1.56. The van der Waals surface area contributed by atoms with Crippen LogP contribution in [0.2, 0.25) is 0 Å². The van der Waals surface area contributed by atoms with E-state index in [2.05, 4.69) is 49.4 Å². The Morgan fingerprint density at radius 3 is 2.88 bits per heavy atom. The number of ketones is 1. The first-order valence-corrected chi connectivity index (χ1v) is 9.25. The van der Waals surface area contributed by atoms with Crippen LogP contribution < -0.4 is 0 Å². The first-order chi connectivity index (χ1) is 12.1. The Morgan fingerprint density at radius 2 is 2.12 bits per heavy atom. The molecule has 3 heteroatoms. The lowest BCUT2D eigenvalue weighted by atomic mass is 9.85. The molecule has 1 aliphatic carbocycles. The number of Topliss-reactive ketones (excluding diaryl/α,β-unsaturated/α-hetero) is 1. The molecule has 2 aromatic rings. The topological polar surface area (TPSA) is 29.4 Å². The minimum Gasteiger partial charge on any atom is -0.294 e. The van der Waals surface area contributed by atoms with E-state index in [0.29, 0.717) is 0 Å². The van der Waals surface area contributed by atoms with Crippen molar-refractivity contribution < 1.29 is 4.79 Å². The number of carbonyl (C=O) groups excluding carboxylic acids is 1. The lowest BCUT2D eigenvalue weighted by Gasteiger charge is -2.19. The monoisotopic (exact) mass is 345 g/mol. The Balaban J connectivity index is 1.57. The number of allylic oxidation sites excluding steroid dienone is 5. The zero-order valence-electron chi connectivity index (χ0n) is 14.3. The molecule has 124 valence electrons. The van der Waals surface area contributed by atoms with Crippen LogP contribution in [0.5, 0.6) is 0 Å². The molecule has 1 unspecified atom stereocenters. The molecule has 0 saturated carbocycles. The van der Waals surface area contributed by atoms with E-state index >= 15 is 0 Å². The molecule has 2 nitrogen and oxygen atoms in total. The average Bonchev–Trinajstić information content (AvgIpc) is 3.22. The fourth-order valence-corrected chi connectivity index (χ4v) is 4.33. The van der Waals surface area contributed by atoms with E-state index in [1.54, 1.807) is 18.3 Å². The number of hydrogen-bond donors (Lipinski definition) is 0. The first-order valence-electron chi connectivity index (χ1n) is 8.44. The van der Waals surface area contributed by atoms with Gasteiger partial charge >= 0.3 is 0 Å².